The van der Waals surface area contributed by atoms with Crippen molar-refractivity contribution in [3.8, 4) is 0 Å². The van der Waals surface area contributed by atoms with Crippen LogP contribution in [0.5, 0.6) is 0 Å². The molecule has 0 amide bonds. The van der Waals surface area contributed by atoms with E-state index in [0.717, 1.165) is 30.8 Å². The fraction of sp³-hybridized carbons (Fsp3) is 0.769. The molecule has 1 aromatic carbocycles. The second-order valence-corrected chi connectivity index (χ2v) is 10.8. The molecule has 2 aliphatic carbocycles. The van der Waals surface area contributed by atoms with Crippen LogP contribution in [0.2, 0.25) is 0 Å². The lowest BCUT2D eigenvalue weighted by molar-refractivity contribution is 0.143. The van der Waals surface area contributed by atoms with Gasteiger partial charge in [-0.15, -0.1) is 0 Å². The van der Waals surface area contributed by atoms with Crippen LogP contribution in [0.25, 0.3) is 0 Å². The molecule has 2 fully saturated rings. The third kappa shape index (κ3) is 6.59. The van der Waals surface area contributed by atoms with Crippen LogP contribution in [-0.4, -0.2) is 24.5 Å². The van der Waals surface area contributed by atoms with Gasteiger partial charge in [0, 0.05) is 19.6 Å². The lowest BCUT2D eigenvalue weighted by atomic mass is 9.81. The summed E-state index contributed by atoms with van der Waals surface area (Å²) in [6.45, 7) is 11.5. The fourth-order valence-corrected chi connectivity index (χ4v) is 5.32. The van der Waals surface area contributed by atoms with E-state index < -0.39 is 0 Å². The van der Waals surface area contributed by atoms with Crippen molar-refractivity contribution in [2.75, 3.05) is 19.6 Å². The van der Waals surface area contributed by atoms with E-state index >= 15 is 0 Å². The van der Waals surface area contributed by atoms with Crippen molar-refractivity contribution in [2.24, 2.45) is 23.5 Å². The van der Waals surface area contributed by atoms with E-state index in [2.05, 4.69) is 49.9 Å². The Labute approximate surface area is 174 Å². The SMILES string of the molecule is CC(C)(C)c1ccc(CN(CC2CCCCC2)CC2CCC(CN)CC2)cc1. The molecule has 2 aliphatic rings. The molecule has 28 heavy (non-hydrogen) atoms. The average Bonchev–Trinajstić information content (AvgIpc) is 2.69. The van der Waals surface area contributed by atoms with Crippen molar-refractivity contribution in [2.45, 2.75) is 90.5 Å². The third-order valence-corrected chi connectivity index (χ3v) is 7.28. The highest BCUT2D eigenvalue weighted by Gasteiger charge is 2.24. The molecule has 2 heteroatoms. The summed E-state index contributed by atoms with van der Waals surface area (Å²) < 4.78 is 0. The number of hydrogen-bond donors (Lipinski definition) is 1. The van der Waals surface area contributed by atoms with Crippen LogP contribution in [0.3, 0.4) is 0 Å². The van der Waals surface area contributed by atoms with E-state index in [1.54, 1.807) is 0 Å². The highest BCUT2D eigenvalue weighted by atomic mass is 15.1. The van der Waals surface area contributed by atoms with Crippen LogP contribution in [0.1, 0.15) is 89.7 Å². The molecule has 3 rings (SSSR count). The van der Waals surface area contributed by atoms with Crippen molar-refractivity contribution in [1.29, 1.82) is 0 Å². The lowest BCUT2D eigenvalue weighted by Crippen LogP contribution is -2.36. The van der Waals surface area contributed by atoms with Gasteiger partial charge >= 0.3 is 0 Å². The lowest BCUT2D eigenvalue weighted by Gasteiger charge is -2.35. The summed E-state index contributed by atoms with van der Waals surface area (Å²) in [5.74, 6) is 2.58. The average molecular weight is 385 g/mol. The Morgan fingerprint density at radius 1 is 0.786 bits per heavy atom. The van der Waals surface area contributed by atoms with Crippen LogP contribution in [0.4, 0.5) is 0 Å². The monoisotopic (exact) mass is 384 g/mol. The predicted octanol–water partition coefficient (Wildman–Crippen LogP) is 6.13. The first-order valence-electron chi connectivity index (χ1n) is 12.0. The predicted molar refractivity (Wildman–Crippen MR) is 121 cm³/mol. The molecule has 0 aromatic heterocycles. The van der Waals surface area contributed by atoms with E-state index in [0.29, 0.717) is 0 Å². The Morgan fingerprint density at radius 2 is 1.32 bits per heavy atom. The topological polar surface area (TPSA) is 29.3 Å². The van der Waals surface area contributed by atoms with E-state index in [1.807, 2.05) is 0 Å². The van der Waals surface area contributed by atoms with Crippen molar-refractivity contribution >= 4 is 0 Å². The van der Waals surface area contributed by atoms with Gasteiger partial charge in [-0.1, -0.05) is 64.3 Å². The first kappa shape index (κ1) is 21.8. The Hall–Kier alpha value is -0.860. The summed E-state index contributed by atoms with van der Waals surface area (Å²) in [4.78, 5) is 2.80. The molecule has 0 saturated heterocycles. The van der Waals surface area contributed by atoms with Crippen molar-refractivity contribution < 1.29 is 0 Å². The van der Waals surface area contributed by atoms with Gasteiger partial charge in [0.25, 0.3) is 0 Å². The Balaban J connectivity index is 1.61. The van der Waals surface area contributed by atoms with Crippen molar-refractivity contribution in [1.82, 2.24) is 4.90 Å². The highest BCUT2D eigenvalue weighted by molar-refractivity contribution is 5.27. The third-order valence-electron chi connectivity index (χ3n) is 7.28. The summed E-state index contributed by atoms with van der Waals surface area (Å²) in [6, 6.07) is 9.45. The van der Waals surface area contributed by atoms with Crippen molar-refractivity contribution in [3.05, 3.63) is 35.4 Å². The largest absolute Gasteiger partial charge is 0.330 e. The van der Waals surface area contributed by atoms with Gasteiger partial charge in [0.15, 0.2) is 0 Å². The second-order valence-electron chi connectivity index (χ2n) is 10.8. The molecule has 2 nitrogen and oxygen atoms in total. The molecule has 158 valence electrons. The molecule has 0 bridgehead atoms. The molecule has 0 radical (unpaired) electrons. The quantitative estimate of drug-likeness (QED) is 0.612. The van der Waals surface area contributed by atoms with Gasteiger partial charge in [0.2, 0.25) is 0 Å². The minimum Gasteiger partial charge on any atom is -0.330 e. The molecule has 1 aromatic rings. The zero-order chi connectivity index (χ0) is 20.0. The number of hydrogen-bond acceptors (Lipinski definition) is 2. The molecule has 0 atom stereocenters. The van der Waals surface area contributed by atoms with Crippen LogP contribution in [0.15, 0.2) is 24.3 Å². The molecular weight excluding hydrogens is 340 g/mol. The summed E-state index contributed by atoms with van der Waals surface area (Å²) in [5, 5.41) is 0. The van der Waals surface area contributed by atoms with E-state index in [9.17, 15) is 0 Å². The first-order valence-corrected chi connectivity index (χ1v) is 12.0. The minimum absolute atomic E-state index is 0.238. The van der Waals surface area contributed by atoms with Crippen LogP contribution in [-0.2, 0) is 12.0 Å². The zero-order valence-electron chi connectivity index (χ0n) is 18.8. The van der Waals surface area contributed by atoms with Gasteiger partial charge in [0.1, 0.15) is 0 Å². The maximum absolute atomic E-state index is 5.91. The molecule has 0 aliphatic heterocycles. The summed E-state index contributed by atoms with van der Waals surface area (Å²) in [7, 11) is 0. The van der Waals surface area contributed by atoms with Gasteiger partial charge in [-0.2, -0.15) is 0 Å². The number of rotatable bonds is 7. The smallest absolute Gasteiger partial charge is 0.0233 e. The number of benzene rings is 1. The molecule has 0 heterocycles. The van der Waals surface area contributed by atoms with Gasteiger partial charge < -0.3 is 5.73 Å². The number of nitrogens with zero attached hydrogens (tertiary/aromatic N) is 1. The molecule has 2 N–H and O–H groups in total. The normalized spacial score (nSPS) is 24.6. The van der Waals surface area contributed by atoms with E-state index in [4.69, 9.17) is 5.73 Å². The van der Waals surface area contributed by atoms with E-state index in [1.165, 1.54) is 82.0 Å². The van der Waals surface area contributed by atoms with Gasteiger partial charge in [-0.3, -0.25) is 4.90 Å². The molecule has 0 spiro atoms. The Bertz CT molecular complexity index is 557. The highest BCUT2D eigenvalue weighted by Crippen LogP contribution is 2.31. The van der Waals surface area contributed by atoms with Gasteiger partial charge in [-0.05, 0) is 79.4 Å². The van der Waals surface area contributed by atoms with E-state index in [-0.39, 0.29) is 5.41 Å². The van der Waals surface area contributed by atoms with Crippen molar-refractivity contribution in [3.63, 3.8) is 0 Å². The van der Waals surface area contributed by atoms with Crippen LogP contribution < -0.4 is 5.73 Å². The summed E-state index contributed by atoms with van der Waals surface area (Å²) in [6.07, 6.45) is 12.7. The number of nitrogens with two attached hydrogens (primary N) is 1. The Morgan fingerprint density at radius 3 is 1.86 bits per heavy atom. The van der Waals surface area contributed by atoms with Crippen LogP contribution >= 0.6 is 0 Å². The van der Waals surface area contributed by atoms with Crippen LogP contribution in [0, 0.1) is 17.8 Å². The molecular formula is C26H44N2. The molecule has 2 saturated carbocycles. The fourth-order valence-electron chi connectivity index (χ4n) is 5.32. The first-order chi connectivity index (χ1) is 13.4. The standard InChI is InChI=1S/C26H44N2/c1-26(2,3)25-15-13-24(14-16-25)20-28(18-22-7-5-4-6-8-22)19-23-11-9-21(17-27)10-12-23/h13-16,21-23H,4-12,17-20,27H2,1-3H3. The van der Waals surface area contributed by atoms with Gasteiger partial charge in [-0.25, -0.2) is 0 Å². The second kappa shape index (κ2) is 10.3. The maximum Gasteiger partial charge on any atom is 0.0233 e. The summed E-state index contributed by atoms with van der Waals surface area (Å²) >= 11 is 0. The zero-order valence-corrected chi connectivity index (χ0v) is 18.8. The van der Waals surface area contributed by atoms with Gasteiger partial charge in [0.05, 0.1) is 0 Å². The minimum atomic E-state index is 0.238. The Kier molecular flexibility index (Phi) is 8.00. The summed E-state index contributed by atoms with van der Waals surface area (Å²) in [5.41, 5.74) is 9.07. The molecule has 0 unspecified atom stereocenters. The maximum atomic E-state index is 5.91.